The third-order valence-corrected chi connectivity index (χ3v) is 4.76. The molecule has 0 aromatic heterocycles. The highest BCUT2D eigenvalue weighted by molar-refractivity contribution is 7.91. The fourth-order valence-electron chi connectivity index (χ4n) is 1.87. The van der Waals surface area contributed by atoms with E-state index in [1.807, 2.05) is 0 Å². The van der Waals surface area contributed by atoms with Gasteiger partial charge in [-0.25, -0.2) is 8.42 Å². The van der Waals surface area contributed by atoms with E-state index in [4.69, 9.17) is 16.9 Å². The van der Waals surface area contributed by atoms with Gasteiger partial charge in [0.05, 0.1) is 17.6 Å². The monoisotopic (exact) mass is 270 g/mol. The number of hydrogen-bond acceptors (Lipinski definition) is 4. The average molecular weight is 271 g/mol. The van der Waals surface area contributed by atoms with Gasteiger partial charge >= 0.3 is 0 Å². The molecule has 0 aliphatic carbocycles. The van der Waals surface area contributed by atoms with Gasteiger partial charge in [0, 0.05) is 10.7 Å². The molecule has 0 bridgehead atoms. The number of nitriles is 1. The standard InChI is InChI=1S/C11H11ClN2O2S/c12-9-1-3-10(4-2-9)14-11(7-13)5-6-17(15,16)8-11/h1-4,14H,5-6,8H2. The molecule has 1 N–H and O–H groups in total. The molecule has 4 nitrogen and oxygen atoms in total. The van der Waals surface area contributed by atoms with Crippen LogP contribution in [0, 0.1) is 11.3 Å². The first-order chi connectivity index (χ1) is 7.95. The molecule has 1 saturated heterocycles. The van der Waals surface area contributed by atoms with Crippen LogP contribution >= 0.6 is 11.6 Å². The molecule has 6 heteroatoms. The Labute approximate surface area is 105 Å². The fraction of sp³-hybridized carbons (Fsp3) is 0.364. The van der Waals surface area contributed by atoms with E-state index in [1.165, 1.54) is 0 Å². The minimum Gasteiger partial charge on any atom is -0.367 e. The van der Waals surface area contributed by atoms with E-state index in [2.05, 4.69) is 11.4 Å². The molecular weight excluding hydrogens is 260 g/mol. The molecule has 90 valence electrons. The summed E-state index contributed by atoms with van der Waals surface area (Å²) in [6, 6.07) is 8.92. The predicted molar refractivity (Wildman–Crippen MR) is 66.7 cm³/mol. The SMILES string of the molecule is N#CC1(Nc2ccc(Cl)cc2)CCS(=O)(=O)C1. The Bertz CT molecular complexity index is 562. The van der Waals surface area contributed by atoms with Crippen LogP contribution in [0.5, 0.6) is 0 Å². The van der Waals surface area contributed by atoms with Crippen LogP contribution < -0.4 is 5.32 Å². The van der Waals surface area contributed by atoms with Crippen molar-refractivity contribution in [3.63, 3.8) is 0 Å². The van der Waals surface area contributed by atoms with E-state index < -0.39 is 15.4 Å². The summed E-state index contributed by atoms with van der Waals surface area (Å²) >= 11 is 5.75. The van der Waals surface area contributed by atoms with Gasteiger partial charge in [-0.1, -0.05) is 11.6 Å². The van der Waals surface area contributed by atoms with Gasteiger partial charge in [-0.2, -0.15) is 5.26 Å². The molecule has 0 saturated carbocycles. The minimum absolute atomic E-state index is 0.0567. The first-order valence-corrected chi connectivity index (χ1v) is 7.30. The number of nitrogens with one attached hydrogen (secondary N) is 1. The van der Waals surface area contributed by atoms with E-state index >= 15 is 0 Å². The van der Waals surface area contributed by atoms with Gasteiger partial charge in [0.1, 0.15) is 5.54 Å². The number of rotatable bonds is 2. The Morgan fingerprint density at radius 1 is 1.35 bits per heavy atom. The van der Waals surface area contributed by atoms with Crippen LogP contribution in [0.3, 0.4) is 0 Å². The summed E-state index contributed by atoms with van der Waals surface area (Å²) in [6.07, 6.45) is 0.314. The number of halogens is 1. The summed E-state index contributed by atoms with van der Waals surface area (Å²) < 4.78 is 22.9. The van der Waals surface area contributed by atoms with Crippen molar-refractivity contribution in [2.45, 2.75) is 12.0 Å². The summed E-state index contributed by atoms with van der Waals surface area (Å²) in [7, 11) is -3.11. The Kier molecular flexibility index (Phi) is 3.02. The maximum atomic E-state index is 11.4. The molecule has 1 atom stereocenters. The van der Waals surface area contributed by atoms with Crippen LogP contribution in [0.4, 0.5) is 5.69 Å². The summed E-state index contributed by atoms with van der Waals surface area (Å²) in [5, 5.41) is 12.7. The zero-order valence-electron chi connectivity index (χ0n) is 8.98. The van der Waals surface area contributed by atoms with Gasteiger partial charge in [0.25, 0.3) is 0 Å². The highest BCUT2D eigenvalue weighted by atomic mass is 35.5. The normalized spacial score (nSPS) is 26.4. The third-order valence-electron chi connectivity index (χ3n) is 2.75. The Morgan fingerprint density at radius 3 is 2.47 bits per heavy atom. The van der Waals surface area contributed by atoms with Gasteiger partial charge in [-0.3, -0.25) is 0 Å². The van der Waals surface area contributed by atoms with Gasteiger partial charge in [-0.15, -0.1) is 0 Å². The van der Waals surface area contributed by atoms with Crippen molar-refractivity contribution in [1.82, 2.24) is 0 Å². The van der Waals surface area contributed by atoms with E-state index in [1.54, 1.807) is 24.3 Å². The summed E-state index contributed by atoms with van der Waals surface area (Å²) in [6.45, 7) is 0. The van der Waals surface area contributed by atoms with Crippen molar-refractivity contribution in [2.75, 3.05) is 16.8 Å². The van der Waals surface area contributed by atoms with E-state index in [0.29, 0.717) is 17.1 Å². The first-order valence-electron chi connectivity index (χ1n) is 5.10. The number of hydrogen-bond donors (Lipinski definition) is 1. The zero-order valence-corrected chi connectivity index (χ0v) is 10.6. The lowest BCUT2D eigenvalue weighted by Gasteiger charge is -2.22. The highest BCUT2D eigenvalue weighted by Gasteiger charge is 2.42. The second-order valence-electron chi connectivity index (χ2n) is 4.17. The molecule has 0 radical (unpaired) electrons. The largest absolute Gasteiger partial charge is 0.367 e. The summed E-state index contributed by atoms with van der Waals surface area (Å²) in [4.78, 5) is 0. The van der Waals surface area contributed by atoms with Crippen molar-refractivity contribution in [2.24, 2.45) is 0 Å². The molecule has 1 unspecified atom stereocenters. The molecule has 2 rings (SSSR count). The number of nitrogens with zero attached hydrogens (tertiary/aromatic N) is 1. The van der Waals surface area contributed by atoms with Crippen LogP contribution in [0.25, 0.3) is 0 Å². The van der Waals surface area contributed by atoms with Crippen LogP contribution in [0.1, 0.15) is 6.42 Å². The van der Waals surface area contributed by atoms with Crippen molar-refractivity contribution in [3.05, 3.63) is 29.3 Å². The Hall–Kier alpha value is -1.25. The van der Waals surface area contributed by atoms with Gasteiger partial charge in [-0.05, 0) is 30.7 Å². The van der Waals surface area contributed by atoms with Gasteiger partial charge in [0.2, 0.25) is 0 Å². The molecule has 1 fully saturated rings. The summed E-state index contributed by atoms with van der Waals surface area (Å²) in [5.74, 6) is -0.0831. The van der Waals surface area contributed by atoms with Crippen LogP contribution in [0.2, 0.25) is 5.02 Å². The molecular formula is C11H11ClN2O2S. The molecule has 1 aromatic carbocycles. The van der Waals surface area contributed by atoms with Crippen molar-refractivity contribution < 1.29 is 8.42 Å². The van der Waals surface area contributed by atoms with Crippen molar-refractivity contribution >= 4 is 27.1 Å². The molecule has 1 aliphatic rings. The smallest absolute Gasteiger partial charge is 0.153 e. The van der Waals surface area contributed by atoms with Crippen LogP contribution in [-0.4, -0.2) is 25.5 Å². The van der Waals surface area contributed by atoms with Crippen molar-refractivity contribution in [1.29, 1.82) is 5.26 Å². The maximum Gasteiger partial charge on any atom is 0.153 e. The lowest BCUT2D eigenvalue weighted by atomic mass is 10.0. The van der Waals surface area contributed by atoms with Crippen LogP contribution in [-0.2, 0) is 9.84 Å². The molecule has 1 heterocycles. The second-order valence-corrected chi connectivity index (χ2v) is 6.79. The average Bonchev–Trinajstić information content (AvgIpc) is 2.59. The molecule has 0 amide bonds. The highest BCUT2D eigenvalue weighted by Crippen LogP contribution is 2.27. The van der Waals surface area contributed by atoms with E-state index in [0.717, 1.165) is 0 Å². The lowest BCUT2D eigenvalue weighted by molar-refractivity contribution is 0.599. The minimum atomic E-state index is -3.11. The topological polar surface area (TPSA) is 70.0 Å². The number of benzene rings is 1. The van der Waals surface area contributed by atoms with E-state index in [-0.39, 0.29) is 11.5 Å². The molecule has 1 aliphatic heterocycles. The quantitative estimate of drug-likeness (QED) is 0.890. The van der Waals surface area contributed by atoms with Crippen molar-refractivity contribution in [3.8, 4) is 6.07 Å². The first kappa shape index (κ1) is 12.2. The van der Waals surface area contributed by atoms with Gasteiger partial charge in [0.15, 0.2) is 9.84 Å². The van der Waals surface area contributed by atoms with E-state index in [9.17, 15) is 8.42 Å². The second kappa shape index (κ2) is 4.21. The third kappa shape index (κ3) is 2.71. The zero-order chi connectivity index (χ0) is 12.5. The number of sulfone groups is 1. The molecule has 1 aromatic rings. The fourth-order valence-corrected chi connectivity index (χ4v) is 3.84. The number of anilines is 1. The Morgan fingerprint density at radius 2 is 2.00 bits per heavy atom. The lowest BCUT2D eigenvalue weighted by Crippen LogP contribution is -2.37. The summed E-state index contributed by atoms with van der Waals surface area (Å²) in [5.41, 5.74) is -0.305. The van der Waals surface area contributed by atoms with Gasteiger partial charge < -0.3 is 5.32 Å². The predicted octanol–water partition coefficient (Wildman–Crippen LogP) is 1.83. The molecule has 0 spiro atoms. The molecule has 17 heavy (non-hydrogen) atoms. The van der Waals surface area contributed by atoms with Crippen LogP contribution in [0.15, 0.2) is 24.3 Å². The Balaban J connectivity index is 2.22. The maximum absolute atomic E-state index is 11.4.